The van der Waals surface area contributed by atoms with Crippen molar-refractivity contribution >= 4 is 0 Å². The van der Waals surface area contributed by atoms with E-state index in [2.05, 4.69) is 43.0 Å². The van der Waals surface area contributed by atoms with Crippen LogP contribution in [0, 0.1) is 5.92 Å². The SMILES string of the molecule is CCCNC(Cc1ccn(C(CC)CC)n1)C1CCCC1. The third-order valence-corrected chi connectivity index (χ3v) is 5.03. The van der Waals surface area contributed by atoms with E-state index in [0.717, 1.165) is 31.7 Å². The van der Waals surface area contributed by atoms with Crippen molar-refractivity contribution in [2.45, 2.75) is 84.2 Å². The Kier molecular flexibility index (Phi) is 6.75. The number of aromatic nitrogens is 2. The van der Waals surface area contributed by atoms with Gasteiger partial charge in [0, 0.05) is 18.7 Å². The first-order valence-electron chi connectivity index (χ1n) is 9.05. The Morgan fingerprint density at radius 3 is 2.57 bits per heavy atom. The van der Waals surface area contributed by atoms with Crippen LogP contribution in [0.2, 0.25) is 0 Å². The average molecular weight is 291 g/mol. The summed E-state index contributed by atoms with van der Waals surface area (Å²) in [6.45, 7) is 7.88. The van der Waals surface area contributed by atoms with Gasteiger partial charge in [0.2, 0.25) is 0 Å². The Balaban J connectivity index is 1.98. The van der Waals surface area contributed by atoms with E-state index in [4.69, 9.17) is 5.10 Å². The van der Waals surface area contributed by atoms with Crippen LogP contribution in [0.25, 0.3) is 0 Å². The van der Waals surface area contributed by atoms with E-state index in [1.165, 1.54) is 37.8 Å². The smallest absolute Gasteiger partial charge is 0.0640 e. The molecule has 1 aromatic heterocycles. The van der Waals surface area contributed by atoms with Crippen LogP contribution in [0.4, 0.5) is 0 Å². The van der Waals surface area contributed by atoms with Gasteiger partial charge in [0.15, 0.2) is 0 Å². The molecule has 0 amide bonds. The molecule has 0 spiro atoms. The minimum absolute atomic E-state index is 0.562. The topological polar surface area (TPSA) is 29.9 Å². The highest BCUT2D eigenvalue weighted by atomic mass is 15.3. The standard InChI is InChI=1S/C18H33N3/c1-4-12-19-18(15-9-7-8-10-15)14-16-11-13-21(20-16)17(5-2)6-3/h11,13,15,17-19H,4-10,12,14H2,1-3H3. The van der Waals surface area contributed by atoms with E-state index in [1.807, 2.05) is 0 Å². The van der Waals surface area contributed by atoms with Crippen molar-refractivity contribution in [2.75, 3.05) is 6.54 Å². The van der Waals surface area contributed by atoms with Crippen molar-refractivity contribution in [1.82, 2.24) is 15.1 Å². The Hall–Kier alpha value is -0.830. The first kappa shape index (κ1) is 16.5. The maximum absolute atomic E-state index is 4.85. The van der Waals surface area contributed by atoms with Crippen LogP contribution in [-0.2, 0) is 6.42 Å². The molecular formula is C18H33N3. The summed E-state index contributed by atoms with van der Waals surface area (Å²) in [6.07, 6.45) is 12.4. The zero-order valence-corrected chi connectivity index (χ0v) is 14.1. The molecule has 120 valence electrons. The first-order valence-corrected chi connectivity index (χ1v) is 9.05. The summed E-state index contributed by atoms with van der Waals surface area (Å²) in [4.78, 5) is 0. The number of rotatable bonds is 9. The van der Waals surface area contributed by atoms with Crippen molar-refractivity contribution < 1.29 is 0 Å². The number of hydrogen-bond donors (Lipinski definition) is 1. The van der Waals surface area contributed by atoms with Crippen LogP contribution >= 0.6 is 0 Å². The van der Waals surface area contributed by atoms with Crippen LogP contribution < -0.4 is 5.32 Å². The predicted octanol–water partition coefficient (Wildman–Crippen LogP) is 4.35. The molecule has 3 heteroatoms. The molecule has 2 rings (SSSR count). The summed E-state index contributed by atoms with van der Waals surface area (Å²) in [5, 5.41) is 8.63. The zero-order valence-electron chi connectivity index (χ0n) is 14.1. The normalized spacial score (nSPS) is 17.7. The van der Waals surface area contributed by atoms with Gasteiger partial charge in [-0.05, 0) is 50.6 Å². The molecule has 0 radical (unpaired) electrons. The van der Waals surface area contributed by atoms with E-state index in [-0.39, 0.29) is 0 Å². The van der Waals surface area contributed by atoms with Gasteiger partial charge in [-0.25, -0.2) is 0 Å². The average Bonchev–Trinajstić information content (AvgIpc) is 3.16. The van der Waals surface area contributed by atoms with Gasteiger partial charge >= 0.3 is 0 Å². The van der Waals surface area contributed by atoms with Crippen molar-refractivity contribution in [1.29, 1.82) is 0 Å². The minimum Gasteiger partial charge on any atom is -0.313 e. The Morgan fingerprint density at radius 2 is 1.95 bits per heavy atom. The van der Waals surface area contributed by atoms with E-state index < -0.39 is 0 Å². The highest BCUT2D eigenvalue weighted by Crippen LogP contribution is 2.29. The molecule has 1 N–H and O–H groups in total. The maximum Gasteiger partial charge on any atom is 0.0640 e. The van der Waals surface area contributed by atoms with Crippen molar-refractivity contribution in [3.63, 3.8) is 0 Å². The molecule has 1 aromatic rings. The minimum atomic E-state index is 0.562. The highest BCUT2D eigenvalue weighted by molar-refractivity contribution is 5.03. The van der Waals surface area contributed by atoms with Gasteiger partial charge in [0.1, 0.15) is 0 Å². The quantitative estimate of drug-likeness (QED) is 0.733. The number of nitrogens with zero attached hydrogens (tertiary/aromatic N) is 2. The zero-order chi connectivity index (χ0) is 15.1. The lowest BCUT2D eigenvalue weighted by Crippen LogP contribution is -2.37. The summed E-state index contributed by atoms with van der Waals surface area (Å²) >= 11 is 0. The molecule has 0 saturated heterocycles. The monoisotopic (exact) mass is 291 g/mol. The molecular weight excluding hydrogens is 258 g/mol. The second-order valence-corrected chi connectivity index (χ2v) is 6.57. The van der Waals surface area contributed by atoms with Gasteiger partial charge in [-0.2, -0.15) is 5.10 Å². The molecule has 0 bridgehead atoms. The molecule has 1 saturated carbocycles. The van der Waals surface area contributed by atoms with E-state index in [1.54, 1.807) is 0 Å². The second-order valence-electron chi connectivity index (χ2n) is 6.57. The number of nitrogens with one attached hydrogen (secondary N) is 1. The maximum atomic E-state index is 4.85. The predicted molar refractivity (Wildman–Crippen MR) is 89.6 cm³/mol. The van der Waals surface area contributed by atoms with Crippen LogP contribution in [0.5, 0.6) is 0 Å². The Bertz CT molecular complexity index is 389. The van der Waals surface area contributed by atoms with Gasteiger partial charge in [0.25, 0.3) is 0 Å². The molecule has 1 unspecified atom stereocenters. The molecule has 1 aliphatic rings. The fourth-order valence-electron chi connectivity index (χ4n) is 3.67. The second kappa shape index (κ2) is 8.57. The van der Waals surface area contributed by atoms with Crippen LogP contribution in [0.3, 0.4) is 0 Å². The van der Waals surface area contributed by atoms with Crippen molar-refractivity contribution in [3.8, 4) is 0 Å². The van der Waals surface area contributed by atoms with E-state index >= 15 is 0 Å². The third kappa shape index (κ3) is 4.57. The summed E-state index contributed by atoms with van der Waals surface area (Å²) in [6, 6.07) is 3.42. The lowest BCUT2D eigenvalue weighted by molar-refractivity contribution is 0.351. The first-order chi connectivity index (χ1) is 10.3. The van der Waals surface area contributed by atoms with Gasteiger partial charge in [-0.1, -0.05) is 33.6 Å². The molecule has 1 heterocycles. The number of hydrogen-bond acceptors (Lipinski definition) is 2. The van der Waals surface area contributed by atoms with Gasteiger partial charge in [-0.15, -0.1) is 0 Å². The van der Waals surface area contributed by atoms with Crippen LogP contribution in [0.1, 0.15) is 77.5 Å². The Morgan fingerprint density at radius 1 is 1.24 bits per heavy atom. The van der Waals surface area contributed by atoms with E-state index in [9.17, 15) is 0 Å². The lowest BCUT2D eigenvalue weighted by atomic mass is 9.94. The molecule has 3 nitrogen and oxygen atoms in total. The molecule has 0 aliphatic heterocycles. The largest absolute Gasteiger partial charge is 0.313 e. The van der Waals surface area contributed by atoms with Crippen LogP contribution in [0.15, 0.2) is 12.3 Å². The lowest BCUT2D eigenvalue weighted by Gasteiger charge is -2.24. The van der Waals surface area contributed by atoms with Crippen molar-refractivity contribution in [3.05, 3.63) is 18.0 Å². The fraction of sp³-hybridized carbons (Fsp3) is 0.833. The summed E-state index contributed by atoms with van der Waals surface area (Å²) in [5.41, 5.74) is 1.27. The van der Waals surface area contributed by atoms with Gasteiger partial charge in [-0.3, -0.25) is 4.68 Å². The molecule has 1 atom stereocenters. The fourth-order valence-corrected chi connectivity index (χ4v) is 3.67. The van der Waals surface area contributed by atoms with Crippen molar-refractivity contribution in [2.24, 2.45) is 5.92 Å². The van der Waals surface area contributed by atoms with Crippen LogP contribution in [-0.4, -0.2) is 22.4 Å². The Labute approximate surface area is 130 Å². The summed E-state index contributed by atoms with van der Waals surface area (Å²) in [7, 11) is 0. The van der Waals surface area contributed by atoms with E-state index in [0.29, 0.717) is 12.1 Å². The van der Waals surface area contributed by atoms with Gasteiger partial charge < -0.3 is 5.32 Å². The summed E-state index contributed by atoms with van der Waals surface area (Å²) in [5.74, 6) is 0.856. The van der Waals surface area contributed by atoms with Gasteiger partial charge in [0.05, 0.1) is 11.7 Å². The third-order valence-electron chi connectivity index (χ3n) is 5.03. The molecule has 0 aromatic carbocycles. The molecule has 1 aliphatic carbocycles. The molecule has 21 heavy (non-hydrogen) atoms. The summed E-state index contributed by atoms with van der Waals surface area (Å²) < 4.78 is 2.18. The molecule has 1 fully saturated rings. The highest BCUT2D eigenvalue weighted by Gasteiger charge is 2.25.